The minimum Gasteiger partial charge on any atom is -0.418 e. The van der Waals surface area contributed by atoms with Crippen molar-refractivity contribution in [2.45, 2.75) is 43.9 Å². The van der Waals surface area contributed by atoms with Crippen LogP contribution in [-0.2, 0) is 4.74 Å². The van der Waals surface area contributed by atoms with E-state index in [1.54, 1.807) is 0 Å². The lowest BCUT2D eigenvalue weighted by atomic mass is 9.94. The Morgan fingerprint density at radius 2 is 1.90 bits per heavy atom. The number of nitrogens with zero attached hydrogens (tertiary/aromatic N) is 2. The first-order valence-electron chi connectivity index (χ1n) is 7.29. The Kier molecular flexibility index (Phi) is 2.81. The van der Waals surface area contributed by atoms with Crippen LogP contribution in [0.2, 0.25) is 0 Å². The summed E-state index contributed by atoms with van der Waals surface area (Å²) < 4.78 is 5.96. The first-order valence-corrected chi connectivity index (χ1v) is 8.17. The van der Waals surface area contributed by atoms with Crippen LogP contribution in [0.15, 0.2) is 40.7 Å². The van der Waals surface area contributed by atoms with Crippen LogP contribution in [-0.4, -0.2) is 15.8 Å². The maximum Gasteiger partial charge on any atom is 0.245 e. The first kappa shape index (κ1) is 12.3. The van der Waals surface area contributed by atoms with Gasteiger partial charge in [-0.3, -0.25) is 0 Å². The molecule has 104 valence electrons. The highest BCUT2D eigenvalue weighted by Crippen LogP contribution is 2.52. The van der Waals surface area contributed by atoms with Gasteiger partial charge in [-0.2, -0.15) is 0 Å². The summed E-state index contributed by atoms with van der Waals surface area (Å²) >= 11 is 1.89. The topological polar surface area (TPSA) is 24.8 Å². The third kappa shape index (κ3) is 1.85. The SMILES string of the molecule is Cc1ccc(C2=NN3C(=CSC34CCCCC4)O2)cc1. The van der Waals surface area contributed by atoms with Crippen molar-refractivity contribution in [2.24, 2.45) is 5.10 Å². The van der Waals surface area contributed by atoms with Crippen LogP contribution in [0.4, 0.5) is 0 Å². The van der Waals surface area contributed by atoms with Crippen LogP contribution < -0.4 is 0 Å². The number of hydrogen-bond donors (Lipinski definition) is 0. The number of hydrogen-bond acceptors (Lipinski definition) is 4. The van der Waals surface area contributed by atoms with Crippen molar-refractivity contribution >= 4 is 17.7 Å². The zero-order chi connectivity index (χ0) is 13.6. The van der Waals surface area contributed by atoms with Crippen molar-refractivity contribution in [3.05, 3.63) is 46.7 Å². The number of ether oxygens (including phenoxy) is 1. The van der Waals surface area contributed by atoms with Crippen molar-refractivity contribution in [1.82, 2.24) is 5.01 Å². The molecular weight excluding hydrogens is 268 g/mol. The summed E-state index contributed by atoms with van der Waals surface area (Å²) in [6.07, 6.45) is 6.33. The highest BCUT2D eigenvalue weighted by Gasteiger charge is 2.47. The third-order valence-electron chi connectivity index (χ3n) is 4.30. The van der Waals surface area contributed by atoms with E-state index >= 15 is 0 Å². The van der Waals surface area contributed by atoms with Gasteiger partial charge in [0, 0.05) is 11.0 Å². The summed E-state index contributed by atoms with van der Waals surface area (Å²) in [6.45, 7) is 2.09. The molecule has 0 N–H and O–H groups in total. The number of thioether (sulfide) groups is 1. The second-order valence-corrected chi connectivity index (χ2v) is 7.00. The summed E-state index contributed by atoms with van der Waals surface area (Å²) in [5.74, 6) is 1.65. The number of fused-ring (bicyclic) bond motifs is 2. The molecule has 20 heavy (non-hydrogen) atoms. The van der Waals surface area contributed by atoms with E-state index in [1.165, 1.54) is 37.7 Å². The average molecular weight is 286 g/mol. The number of hydrazone groups is 1. The van der Waals surface area contributed by atoms with Crippen molar-refractivity contribution < 1.29 is 4.74 Å². The molecule has 2 heterocycles. The molecule has 4 heteroatoms. The summed E-state index contributed by atoms with van der Waals surface area (Å²) in [4.78, 5) is 0.125. The minimum absolute atomic E-state index is 0.125. The van der Waals surface area contributed by atoms with Crippen molar-refractivity contribution in [2.75, 3.05) is 0 Å². The van der Waals surface area contributed by atoms with Gasteiger partial charge in [0.1, 0.15) is 4.87 Å². The molecule has 0 radical (unpaired) electrons. The molecule has 0 aromatic heterocycles. The van der Waals surface area contributed by atoms with Crippen LogP contribution in [0, 0.1) is 6.92 Å². The predicted octanol–water partition coefficient (Wildman–Crippen LogP) is 4.19. The number of rotatable bonds is 1. The van der Waals surface area contributed by atoms with E-state index in [0.29, 0.717) is 0 Å². The standard InChI is InChI=1S/C16H18N2OS/c1-12-5-7-13(8-6-12)15-17-18-14(19-15)11-20-16(18)9-3-2-4-10-16/h5-8,11H,2-4,9-10H2,1H3. The lowest BCUT2D eigenvalue weighted by Crippen LogP contribution is -2.39. The molecule has 2 aliphatic heterocycles. The van der Waals surface area contributed by atoms with Crippen molar-refractivity contribution in [3.63, 3.8) is 0 Å². The zero-order valence-electron chi connectivity index (χ0n) is 11.6. The van der Waals surface area contributed by atoms with Gasteiger partial charge >= 0.3 is 0 Å². The van der Waals surface area contributed by atoms with Gasteiger partial charge in [0.05, 0.1) is 0 Å². The summed E-state index contributed by atoms with van der Waals surface area (Å²) in [7, 11) is 0. The fourth-order valence-electron chi connectivity index (χ4n) is 3.13. The number of benzene rings is 1. The molecule has 1 aromatic rings. The van der Waals surface area contributed by atoms with E-state index < -0.39 is 0 Å². The molecular formula is C16H18N2OS. The van der Waals surface area contributed by atoms with Gasteiger partial charge in [-0.1, -0.05) is 48.7 Å². The van der Waals surface area contributed by atoms with Crippen LogP contribution >= 0.6 is 11.8 Å². The Labute approximate surface area is 123 Å². The van der Waals surface area contributed by atoms with Gasteiger partial charge in [0.25, 0.3) is 0 Å². The van der Waals surface area contributed by atoms with Gasteiger partial charge in [-0.25, -0.2) is 5.01 Å². The van der Waals surface area contributed by atoms with E-state index in [2.05, 4.69) is 41.6 Å². The Balaban J connectivity index is 1.64. The molecule has 1 aliphatic carbocycles. The van der Waals surface area contributed by atoms with E-state index in [4.69, 9.17) is 9.84 Å². The van der Waals surface area contributed by atoms with Crippen LogP contribution in [0.3, 0.4) is 0 Å². The Bertz CT molecular complexity index is 585. The molecule has 1 fully saturated rings. The smallest absolute Gasteiger partial charge is 0.245 e. The Morgan fingerprint density at radius 3 is 2.65 bits per heavy atom. The maximum atomic E-state index is 5.96. The van der Waals surface area contributed by atoms with Gasteiger partial charge in [0.2, 0.25) is 11.8 Å². The monoisotopic (exact) mass is 286 g/mol. The predicted molar refractivity (Wildman–Crippen MR) is 82.1 cm³/mol. The quantitative estimate of drug-likeness (QED) is 0.773. The van der Waals surface area contributed by atoms with E-state index in [-0.39, 0.29) is 4.87 Å². The molecule has 0 unspecified atom stereocenters. The second kappa shape index (κ2) is 4.55. The van der Waals surface area contributed by atoms with E-state index in [0.717, 1.165) is 17.3 Å². The second-order valence-electron chi connectivity index (χ2n) is 5.77. The molecule has 4 rings (SSSR count). The first-order chi connectivity index (χ1) is 9.77. The highest BCUT2D eigenvalue weighted by atomic mass is 32.2. The maximum absolute atomic E-state index is 5.96. The third-order valence-corrected chi connectivity index (χ3v) is 5.64. The molecule has 1 spiro atoms. The van der Waals surface area contributed by atoms with Gasteiger partial charge < -0.3 is 4.74 Å². The highest BCUT2D eigenvalue weighted by molar-refractivity contribution is 8.03. The molecule has 1 aromatic carbocycles. The zero-order valence-corrected chi connectivity index (χ0v) is 12.4. The molecule has 0 saturated heterocycles. The summed E-state index contributed by atoms with van der Waals surface area (Å²) in [5, 5.41) is 9.03. The van der Waals surface area contributed by atoms with E-state index in [1.807, 2.05) is 11.8 Å². The fourth-order valence-corrected chi connectivity index (χ4v) is 4.35. The Morgan fingerprint density at radius 1 is 1.15 bits per heavy atom. The largest absolute Gasteiger partial charge is 0.418 e. The molecule has 3 nitrogen and oxygen atoms in total. The molecule has 0 amide bonds. The van der Waals surface area contributed by atoms with Crippen LogP contribution in [0.25, 0.3) is 0 Å². The van der Waals surface area contributed by atoms with Crippen molar-refractivity contribution in [3.8, 4) is 0 Å². The van der Waals surface area contributed by atoms with Crippen molar-refractivity contribution in [1.29, 1.82) is 0 Å². The average Bonchev–Trinajstić information content (AvgIpc) is 3.03. The van der Waals surface area contributed by atoms with E-state index in [9.17, 15) is 0 Å². The lowest BCUT2D eigenvalue weighted by molar-refractivity contribution is 0.150. The fraction of sp³-hybridized carbons (Fsp3) is 0.438. The molecule has 1 saturated carbocycles. The molecule has 0 atom stereocenters. The van der Waals surface area contributed by atoms with Gasteiger partial charge in [-0.05, 0) is 31.9 Å². The lowest BCUT2D eigenvalue weighted by Gasteiger charge is -2.37. The summed E-state index contributed by atoms with van der Waals surface area (Å²) in [6, 6.07) is 8.36. The molecule has 3 aliphatic rings. The van der Waals surface area contributed by atoms with Crippen LogP contribution in [0.1, 0.15) is 43.2 Å². The summed E-state index contributed by atoms with van der Waals surface area (Å²) in [5.41, 5.74) is 2.31. The van der Waals surface area contributed by atoms with Crippen LogP contribution in [0.5, 0.6) is 0 Å². The Hall–Kier alpha value is -1.42. The normalized spacial score (nSPS) is 23.4. The molecule has 0 bridgehead atoms. The number of aryl methyl sites for hydroxylation is 1. The minimum atomic E-state index is 0.125. The van der Waals surface area contributed by atoms with Gasteiger partial charge in [-0.15, -0.1) is 5.10 Å². The van der Waals surface area contributed by atoms with Gasteiger partial charge in [0.15, 0.2) is 0 Å².